The van der Waals surface area contributed by atoms with Crippen molar-refractivity contribution in [3.8, 4) is 0 Å². The Morgan fingerprint density at radius 1 is 1.19 bits per heavy atom. The molecule has 0 saturated carbocycles. The van der Waals surface area contributed by atoms with Crippen LogP contribution in [0.15, 0.2) is 45.8 Å². The van der Waals surface area contributed by atoms with Crippen molar-refractivity contribution in [2.75, 3.05) is 16.8 Å². The zero-order valence-electron chi connectivity index (χ0n) is 11.9. The van der Waals surface area contributed by atoms with Gasteiger partial charge in [-0.05, 0) is 55.3 Å². The SMILES string of the molecule is Cc1cc(Br)ccc1NC(=O)CSc1cc(N)ccc1C. The summed E-state index contributed by atoms with van der Waals surface area (Å²) >= 11 is 4.91. The van der Waals surface area contributed by atoms with Crippen LogP contribution in [0.2, 0.25) is 0 Å². The molecule has 0 bridgehead atoms. The van der Waals surface area contributed by atoms with Crippen molar-refractivity contribution in [1.29, 1.82) is 0 Å². The minimum Gasteiger partial charge on any atom is -0.399 e. The van der Waals surface area contributed by atoms with E-state index in [0.717, 1.165) is 26.2 Å². The molecule has 2 aromatic rings. The van der Waals surface area contributed by atoms with Gasteiger partial charge in [-0.3, -0.25) is 4.79 Å². The quantitative estimate of drug-likeness (QED) is 0.625. The number of anilines is 2. The van der Waals surface area contributed by atoms with Crippen LogP contribution < -0.4 is 11.1 Å². The average Bonchev–Trinajstić information content (AvgIpc) is 2.43. The largest absolute Gasteiger partial charge is 0.399 e. The molecule has 0 aliphatic rings. The van der Waals surface area contributed by atoms with Crippen LogP contribution in [0.4, 0.5) is 11.4 Å². The average molecular weight is 365 g/mol. The van der Waals surface area contributed by atoms with Gasteiger partial charge in [0.1, 0.15) is 0 Å². The molecule has 0 fully saturated rings. The summed E-state index contributed by atoms with van der Waals surface area (Å²) in [6.45, 7) is 3.98. The van der Waals surface area contributed by atoms with Crippen molar-refractivity contribution in [1.82, 2.24) is 0 Å². The summed E-state index contributed by atoms with van der Waals surface area (Å²) in [5, 5.41) is 2.93. The molecule has 110 valence electrons. The lowest BCUT2D eigenvalue weighted by atomic mass is 10.2. The van der Waals surface area contributed by atoms with E-state index >= 15 is 0 Å². The van der Waals surface area contributed by atoms with Gasteiger partial charge in [0.15, 0.2) is 0 Å². The Balaban J connectivity index is 1.97. The van der Waals surface area contributed by atoms with Crippen LogP contribution in [-0.2, 0) is 4.79 Å². The maximum atomic E-state index is 12.0. The number of benzene rings is 2. The van der Waals surface area contributed by atoms with Gasteiger partial charge < -0.3 is 11.1 Å². The Labute approximate surface area is 137 Å². The highest BCUT2D eigenvalue weighted by molar-refractivity contribution is 9.10. The zero-order chi connectivity index (χ0) is 15.4. The fourth-order valence-corrected chi connectivity index (χ4v) is 3.22. The number of thioether (sulfide) groups is 1. The molecular formula is C16H17BrN2OS. The molecule has 0 spiro atoms. The summed E-state index contributed by atoms with van der Waals surface area (Å²) in [4.78, 5) is 13.1. The number of carbonyl (C=O) groups excluding carboxylic acids is 1. The molecular weight excluding hydrogens is 348 g/mol. The number of hydrogen-bond donors (Lipinski definition) is 2. The normalized spacial score (nSPS) is 10.4. The highest BCUT2D eigenvalue weighted by Crippen LogP contribution is 2.25. The maximum Gasteiger partial charge on any atom is 0.234 e. The number of nitrogens with one attached hydrogen (secondary N) is 1. The highest BCUT2D eigenvalue weighted by Gasteiger charge is 2.07. The Kier molecular flexibility index (Phi) is 5.31. The summed E-state index contributed by atoms with van der Waals surface area (Å²) in [6.07, 6.45) is 0. The second kappa shape index (κ2) is 7.00. The molecule has 0 unspecified atom stereocenters. The van der Waals surface area contributed by atoms with E-state index in [0.29, 0.717) is 11.4 Å². The van der Waals surface area contributed by atoms with Gasteiger partial charge in [0, 0.05) is 20.7 Å². The van der Waals surface area contributed by atoms with Crippen LogP contribution in [0, 0.1) is 13.8 Å². The van der Waals surface area contributed by atoms with Crippen LogP contribution in [0.25, 0.3) is 0 Å². The smallest absolute Gasteiger partial charge is 0.234 e. The predicted octanol–water partition coefficient (Wildman–Crippen LogP) is 4.38. The molecule has 0 atom stereocenters. The van der Waals surface area contributed by atoms with Gasteiger partial charge in [0.2, 0.25) is 5.91 Å². The lowest BCUT2D eigenvalue weighted by Crippen LogP contribution is -2.14. The van der Waals surface area contributed by atoms with E-state index < -0.39 is 0 Å². The fourth-order valence-electron chi connectivity index (χ4n) is 1.87. The number of nitrogen functional groups attached to an aromatic ring is 1. The number of hydrogen-bond acceptors (Lipinski definition) is 3. The topological polar surface area (TPSA) is 55.1 Å². The highest BCUT2D eigenvalue weighted by atomic mass is 79.9. The summed E-state index contributed by atoms with van der Waals surface area (Å²) in [5.41, 5.74) is 9.49. The van der Waals surface area contributed by atoms with Crippen molar-refractivity contribution in [2.45, 2.75) is 18.7 Å². The summed E-state index contributed by atoms with van der Waals surface area (Å²) in [5.74, 6) is 0.340. The van der Waals surface area contributed by atoms with E-state index in [4.69, 9.17) is 5.73 Å². The standard InChI is InChI=1S/C16H17BrN2OS/c1-10-3-5-13(18)8-15(10)21-9-16(20)19-14-6-4-12(17)7-11(14)2/h3-8H,9,18H2,1-2H3,(H,19,20). The van der Waals surface area contributed by atoms with Gasteiger partial charge in [0.05, 0.1) is 5.75 Å². The first kappa shape index (κ1) is 15.9. The van der Waals surface area contributed by atoms with E-state index in [1.165, 1.54) is 11.8 Å². The van der Waals surface area contributed by atoms with E-state index in [9.17, 15) is 4.79 Å². The molecule has 0 saturated heterocycles. The van der Waals surface area contributed by atoms with E-state index in [2.05, 4.69) is 21.2 Å². The van der Waals surface area contributed by atoms with Crippen molar-refractivity contribution < 1.29 is 4.79 Å². The lowest BCUT2D eigenvalue weighted by Gasteiger charge is -2.10. The van der Waals surface area contributed by atoms with E-state index in [1.54, 1.807) is 0 Å². The predicted molar refractivity (Wildman–Crippen MR) is 93.8 cm³/mol. The Hall–Kier alpha value is -1.46. The number of carbonyl (C=O) groups is 1. The van der Waals surface area contributed by atoms with Crippen LogP contribution in [0.1, 0.15) is 11.1 Å². The first-order chi connectivity index (χ1) is 9.95. The number of rotatable bonds is 4. The molecule has 0 aliphatic heterocycles. The molecule has 0 radical (unpaired) electrons. The summed E-state index contributed by atoms with van der Waals surface area (Å²) in [7, 11) is 0. The lowest BCUT2D eigenvalue weighted by molar-refractivity contribution is -0.113. The molecule has 0 heterocycles. The Morgan fingerprint density at radius 3 is 2.67 bits per heavy atom. The first-order valence-electron chi connectivity index (χ1n) is 6.50. The Bertz CT molecular complexity index is 673. The van der Waals surface area contributed by atoms with Crippen LogP contribution in [-0.4, -0.2) is 11.7 Å². The van der Waals surface area contributed by atoms with Crippen LogP contribution in [0.5, 0.6) is 0 Å². The fraction of sp³-hybridized carbons (Fsp3) is 0.188. The van der Waals surface area contributed by atoms with Crippen LogP contribution in [0.3, 0.4) is 0 Å². The molecule has 0 aromatic heterocycles. The molecule has 3 N–H and O–H groups in total. The van der Waals surface area contributed by atoms with Crippen molar-refractivity contribution in [2.24, 2.45) is 0 Å². The third kappa shape index (κ3) is 4.51. The zero-order valence-corrected chi connectivity index (χ0v) is 14.3. The molecule has 3 nitrogen and oxygen atoms in total. The third-order valence-corrected chi connectivity index (χ3v) is 4.68. The van der Waals surface area contributed by atoms with Gasteiger partial charge in [0.25, 0.3) is 0 Å². The third-order valence-electron chi connectivity index (χ3n) is 3.03. The van der Waals surface area contributed by atoms with Gasteiger partial charge in [-0.25, -0.2) is 0 Å². The van der Waals surface area contributed by atoms with Crippen molar-refractivity contribution in [3.05, 3.63) is 52.0 Å². The first-order valence-corrected chi connectivity index (χ1v) is 8.28. The van der Waals surface area contributed by atoms with Crippen LogP contribution >= 0.6 is 27.7 Å². The summed E-state index contributed by atoms with van der Waals surface area (Å²) < 4.78 is 1.00. The van der Waals surface area contributed by atoms with E-state index in [-0.39, 0.29) is 5.91 Å². The van der Waals surface area contributed by atoms with Gasteiger partial charge in [-0.1, -0.05) is 22.0 Å². The second-order valence-electron chi connectivity index (χ2n) is 4.82. The minimum atomic E-state index is -0.0211. The van der Waals surface area contributed by atoms with Crippen molar-refractivity contribution in [3.63, 3.8) is 0 Å². The maximum absolute atomic E-state index is 12.0. The van der Waals surface area contributed by atoms with E-state index in [1.807, 2.05) is 50.2 Å². The molecule has 5 heteroatoms. The monoisotopic (exact) mass is 364 g/mol. The minimum absolute atomic E-state index is 0.0211. The molecule has 21 heavy (non-hydrogen) atoms. The van der Waals surface area contributed by atoms with Gasteiger partial charge in [-0.15, -0.1) is 11.8 Å². The molecule has 0 aliphatic carbocycles. The van der Waals surface area contributed by atoms with Gasteiger partial charge in [-0.2, -0.15) is 0 Å². The number of halogens is 1. The number of aryl methyl sites for hydroxylation is 2. The summed E-state index contributed by atoms with van der Waals surface area (Å²) in [6, 6.07) is 11.5. The Morgan fingerprint density at radius 2 is 1.95 bits per heavy atom. The van der Waals surface area contributed by atoms with Crippen molar-refractivity contribution >= 4 is 45.0 Å². The van der Waals surface area contributed by atoms with Gasteiger partial charge >= 0.3 is 0 Å². The number of amides is 1. The second-order valence-corrected chi connectivity index (χ2v) is 6.75. The molecule has 2 rings (SSSR count). The number of nitrogens with two attached hydrogens (primary N) is 1. The molecule has 1 amide bonds. The molecule has 2 aromatic carbocycles.